The number of nitrogens with one attached hydrogen (secondary N) is 3. The van der Waals surface area contributed by atoms with Crippen LogP contribution in [0, 0.1) is 0 Å². The van der Waals surface area contributed by atoms with Crippen LogP contribution < -0.4 is 21.7 Å². The molecule has 0 aliphatic rings. The van der Waals surface area contributed by atoms with E-state index < -0.39 is 5.91 Å². The Morgan fingerprint density at radius 2 is 1.81 bits per heavy atom. The summed E-state index contributed by atoms with van der Waals surface area (Å²) in [5.74, 6) is -0.136. The lowest BCUT2D eigenvalue weighted by molar-refractivity contribution is 0.0998. The summed E-state index contributed by atoms with van der Waals surface area (Å²) < 4.78 is 0. The van der Waals surface area contributed by atoms with E-state index in [1.807, 2.05) is 61.7 Å². The monoisotopic (exact) mass is 494 g/mol. The number of fused-ring (bicyclic) bond motifs is 1. The van der Waals surface area contributed by atoms with Gasteiger partial charge in [0.05, 0.1) is 17.1 Å². The van der Waals surface area contributed by atoms with Gasteiger partial charge in [-0.25, -0.2) is 9.97 Å². The summed E-state index contributed by atoms with van der Waals surface area (Å²) in [7, 11) is 1.92. The van der Waals surface area contributed by atoms with Gasteiger partial charge in [0.25, 0.3) is 11.8 Å². The minimum absolute atomic E-state index is 0.145. The van der Waals surface area contributed by atoms with Gasteiger partial charge in [0.1, 0.15) is 12.1 Å². The first-order chi connectivity index (χ1) is 18.0. The predicted octanol–water partition coefficient (Wildman–Crippen LogP) is 4.69. The lowest BCUT2D eigenvalue weighted by atomic mass is 9.96. The highest BCUT2D eigenvalue weighted by molar-refractivity contribution is 6.07. The maximum Gasteiger partial charge on any atom is 0.255 e. The summed E-state index contributed by atoms with van der Waals surface area (Å²) in [4.78, 5) is 33.4. The SMILES string of the molecule is C=CCC(CC(Nc1ncnc2c(C(N)=O)cccc12)c1cccc(NC(=O)c2ccccc2)c1)NC. The molecule has 0 fully saturated rings. The van der Waals surface area contributed by atoms with Gasteiger partial charge >= 0.3 is 0 Å². The van der Waals surface area contributed by atoms with E-state index in [1.54, 1.807) is 24.3 Å². The normalized spacial score (nSPS) is 12.5. The maximum atomic E-state index is 12.7. The summed E-state index contributed by atoms with van der Waals surface area (Å²) in [5.41, 5.74) is 8.63. The Balaban J connectivity index is 1.68. The molecular weight excluding hydrogens is 464 g/mol. The van der Waals surface area contributed by atoms with Gasteiger partial charge in [-0.1, -0.05) is 42.5 Å². The number of nitrogens with zero attached hydrogens (tertiary/aromatic N) is 2. The average Bonchev–Trinajstić information content (AvgIpc) is 2.92. The highest BCUT2D eigenvalue weighted by Gasteiger charge is 2.20. The van der Waals surface area contributed by atoms with Crippen molar-refractivity contribution < 1.29 is 9.59 Å². The molecule has 2 unspecified atom stereocenters. The van der Waals surface area contributed by atoms with Crippen LogP contribution >= 0.6 is 0 Å². The van der Waals surface area contributed by atoms with Crippen LogP contribution in [0.4, 0.5) is 11.5 Å². The van der Waals surface area contributed by atoms with Crippen molar-refractivity contribution in [2.75, 3.05) is 17.7 Å². The Morgan fingerprint density at radius 1 is 1.03 bits per heavy atom. The van der Waals surface area contributed by atoms with Crippen LogP contribution in [0.1, 0.15) is 45.2 Å². The fraction of sp³-hybridized carbons (Fsp3) is 0.172. The van der Waals surface area contributed by atoms with E-state index >= 15 is 0 Å². The third-order valence-electron chi connectivity index (χ3n) is 6.20. The lowest BCUT2D eigenvalue weighted by Crippen LogP contribution is -2.29. The van der Waals surface area contributed by atoms with Crippen LogP contribution in [0.2, 0.25) is 0 Å². The number of amides is 2. The second-order valence-corrected chi connectivity index (χ2v) is 8.68. The van der Waals surface area contributed by atoms with E-state index in [4.69, 9.17) is 5.73 Å². The van der Waals surface area contributed by atoms with Crippen molar-refractivity contribution >= 4 is 34.2 Å². The molecule has 3 aromatic carbocycles. The highest BCUT2D eigenvalue weighted by atomic mass is 16.2. The molecule has 8 nitrogen and oxygen atoms in total. The van der Waals surface area contributed by atoms with Crippen LogP contribution in [0.25, 0.3) is 10.9 Å². The number of anilines is 2. The Hall–Kier alpha value is -4.56. The zero-order chi connectivity index (χ0) is 26.2. The quantitative estimate of drug-likeness (QED) is 0.225. The zero-order valence-corrected chi connectivity index (χ0v) is 20.6. The molecule has 0 aliphatic heterocycles. The molecule has 8 heteroatoms. The maximum absolute atomic E-state index is 12.7. The number of para-hydroxylation sites is 1. The molecule has 188 valence electrons. The second-order valence-electron chi connectivity index (χ2n) is 8.68. The Bertz CT molecular complexity index is 1410. The van der Waals surface area contributed by atoms with Gasteiger partial charge in [0.2, 0.25) is 0 Å². The van der Waals surface area contributed by atoms with Crippen LogP contribution in [0.5, 0.6) is 0 Å². The summed E-state index contributed by atoms with van der Waals surface area (Å²) in [6, 6.07) is 22.1. The molecule has 2 atom stereocenters. The van der Waals surface area contributed by atoms with Gasteiger partial charge in [-0.05, 0) is 61.9 Å². The molecule has 0 aliphatic carbocycles. The highest BCUT2D eigenvalue weighted by Crippen LogP contribution is 2.30. The first kappa shape index (κ1) is 25.5. The fourth-order valence-corrected chi connectivity index (χ4v) is 4.29. The number of benzene rings is 3. The van der Waals surface area contributed by atoms with Crippen LogP contribution in [0.3, 0.4) is 0 Å². The van der Waals surface area contributed by atoms with Gasteiger partial charge in [-0.15, -0.1) is 6.58 Å². The molecule has 4 rings (SSSR count). The van der Waals surface area contributed by atoms with E-state index in [0.717, 1.165) is 12.0 Å². The van der Waals surface area contributed by atoms with Crippen LogP contribution in [0.15, 0.2) is 91.8 Å². The number of carbonyl (C=O) groups excluding carboxylic acids is 2. The molecule has 2 amide bonds. The van der Waals surface area contributed by atoms with Crippen molar-refractivity contribution in [3.05, 3.63) is 108 Å². The Kier molecular flexibility index (Phi) is 8.22. The number of hydrogen-bond acceptors (Lipinski definition) is 6. The third-order valence-corrected chi connectivity index (χ3v) is 6.20. The number of nitrogens with two attached hydrogens (primary N) is 1. The summed E-state index contributed by atoms with van der Waals surface area (Å²) in [5, 5.41) is 10.6. The fourth-order valence-electron chi connectivity index (χ4n) is 4.29. The van der Waals surface area contributed by atoms with E-state index in [2.05, 4.69) is 32.5 Å². The molecule has 0 spiro atoms. The Morgan fingerprint density at radius 3 is 2.54 bits per heavy atom. The topological polar surface area (TPSA) is 122 Å². The van der Waals surface area contributed by atoms with E-state index in [9.17, 15) is 9.59 Å². The molecule has 37 heavy (non-hydrogen) atoms. The van der Waals surface area contributed by atoms with Crippen LogP contribution in [-0.4, -0.2) is 34.9 Å². The number of hydrogen-bond donors (Lipinski definition) is 4. The minimum atomic E-state index is -0.546. The van der Waals surface area contributed by atoms with Crippen molar-refractivity contribution in [1.82, 2.24) is 15.3 Å². The average molecular weight is 495 g/mol. The smallest absolute Gasteiger partial charge is 0.255 e. The van der Waals surface area contributed by atoms with Gasteiger partial charge in [-0.3, -0.25) is 9.59 Å². The number of carbonyl (C=O) groups is 2. The number of rotatable bonds is 11. The van der Waals surface area contributed by atoms with E-state index in [1.165, 1.54) is 6.33 Å². The first-order valence-corrected chi connectivity index (χ1v) is 12.0. The van der Waals surface area contributed by atoms with Gasteiger partial charge < -0.3 is 21.7 Å². The molecule has 4 aromatic rings. The molecule has 0 bridgehead atoms. The van der Waals surface area contributed by atoms with E-state index in [0.29, 0.717) is 40.0 Å². The molecule has 1 aromatic heterocycles. The van der Waals surface area contributed by atoms with Crippen molar-refractivity contribution in [2.45, 2.75) is 24.9 Å². The lowest BCUT2D eigenvalue weighted by Gasteiger charge is -2.25. The first-order valence-electron chi connectivity index (χ1n) is 12.0. The standard InChI is InChI=1S/C29H30N6O2/c1-3-9-21(31-2)17-25(35-28-24-15-8-14-23(27(30)36)26(24)32-18-33-28)20-12-7-13-22(16-20)34-29(37)19-10-5-4-6-11-19/h3-8,10-16,18,21,25,31H,1,9,17H2,2H3,(H2,30,36)(H,34,37)(H,32,33,35). The van der Waals surface area contributed by atoms with Crippen molar-refractivity contribution in [1.29, 1.82) is 0 Å². The zero-order valence-electron chi connectivity index (χ0n) is 20.6. The molecule has 0 radical (unpaired) electrons. The van der Waals surface area contributed by atoms with Crippen molar-refractivity contribution in [3.8, 4) is 0 Å². The van der Waals surface area contributed by atoms with Gasteiger partial charge in [0.15, 0.2) is 0 Å². The molecule has 0 saturated heterocycles. The van der Waals surface area contributed by atoms with Crippen molar-refractivity contribution in [2.24, 2.45) is 5.73 Å². The molecule has 1 heterocycles. The van der Waals surface area contributed by atoms with Gasteiger partial charge in [0, 0.05) is 22.7 Å². The van der Waals surface area contributed by atoms with Crippen LogP contribution in [-0.2, 0) is 0 Å². The van der Waals surface area contributed by atoms with Crippen molar-refractivity contribution in [3.63, 3.8) is 0 Å². The molecule has 0 saturated carbocycles. The number of aromatic nitrogens is 2. The number of primary amides is 1. The molecular formula is C29H30N6O2. The Labute approximate surface area is 216 Å². The predicted molar refractivity (Wildman–Crippen MR) is 148 cm³/mol. The second kappa shape index (κ2) is 11.9. The largest absolute Gasteiger partial charge is 0.366 e. The van der Waals surface area contributed by atoms with Gasteiger partial charge in [-0.2, -0.15) is 0 Å². The summed E-state index contributed by atoms with van der Waals surface area (Å²) in [6.07, 6.45) is 4.78. The summed E-state index contributed by atoms with van der Waals surface area (Å²) >= 11 is 0. The molecule has 5 N–H and O–H groups in total. The van der Waals surface area contributed by atoms with E-state index in [-0.39, 0.29) is 18.0 Å². The third kappa shape index (κ3) is 6.17. The minimum Gasteiger partial charge on any atom is -0.366 e. The summed E-state index contributed by atoms with van der Waals surface area (Å²) in [6.45, 7) is 3.88.